The monoisotopic (exact) mass is 215 g/mol. The van der Waals surface area contributed by atoms with Crippen molar-refractivity contribution in [3.63, 3.8) is 0 Å². The lowest BCUT2D eigenvalue weighted by Crippen LogP contribution is -2.19. The molecule has 0 atom stereocenters. The molecule has 0 spiro atoms. The average Bonchev–Trinajstić information content (AvgIpc) is 2.17. The molecule has 0 radical (unpaired) electrons. The van der Waals surface area contributed by atoms with Crippen LogP contribution in [0.2, 0.25) is 0 Å². The van der Waals surface area contributed by atoms with Crippen LogP contribution in [0.4, 0.5) is 8.78 Å². The molecular weight excluding hydrogens is 200 g/mol. The number of rotatable bonds is 4. The van der Waals surface area contributed by atoms with Crippen molar-refractivity contribution < 1.29 is 13.5 Å². The van der Waals surface area contributed by atoms with Crippen molar-refractivity contribution in [1.82, 2.24) is 0 Å². The van der Waals surface area contributed by atoms with E-state index in [-0.39, 0.29) is 18.5 Å². The summed E-state index contributed by atoms with van der Waals surface area (Å²) < 4.78 is 32.0. The van der Waals surface area contributed by atoms with Crippen molar-refractivity contribution in [3.8, 4) is 5.75 Å². The standard InChI is InChI=1S/C11H15F2NO/c1-8-7-9(15-2)3-4-10(8)11(12,13)5-6-14/h3-4,7H,5-6,14H2,1-2H3. The molecule has 84 valence electrons. The maximum atomic E-state index is 13.5. The van der Waals surface area contributed by atoms with Crippen molar-refractivity contribution in [2.45, 2.75) is 19.3 Å². The summed E-state index contributed by atoms with van der Waals surface area (Å²) in [5, 5.41) is 0. The molecule has 0 saturated carbocycles. The highest BCUT2D eigenvalue weighted by Crippen LogP contribution is 2.34. The Labute approximate surface area is 88.0 Å². The number of methoxy groups -OCH3 is 1. The molecule has 4 heteroatoms. The van der Waals surface area contributed by atoms with Crippen molar-refractivity contribution in [1.29, 1.82) is 0 Å². The van der Waals surface area contributed by atoms with Gasteiger partial charge in [0.05, 0.1) is 7.11 Å². The Bertz CT molecular complexity index is 339. The summed E-state index contributed by atoms with van der Waals surface area (Å²) in [6.45, 7) is 1.61. The minimum absolute atomic E-state index is 0.0220. The first-order valence-corrected chi connectivity index (χ1v) is 4.74. The van der Waals surface area contributed by atoms with Gasteiger partial charge in [-0.2, -0.15) is 0 Å². The summed E-state index contributed by atoms with van der Waals surface area (Å²) in [6, 6.07) is 4.52. The Morgan fingerprint density at radius 1 is 1.40 bits per heavy atom. The topological polar surface area (TPSA) is 35.2 Å². The normalized spacial score (nSPS) is 11.5. The molecule has 1 aromatic rings. The molecule has 2 nitrogen and oxygen atoms in total. The summed E-state index contributed by atoms with van der Waals surface area (Å²) in [7, 11) is 1.51. The fraction of sp³-hybridized carbons (Fsp3) is 0.455. The van der Waals surface area contributed by atoms with Crippen LogP contribution in [0.1, 0.15) is 17.5 Å². The van der Waals surface area contributed by atoms with Crippen molar-refractivity contribution >= 4 is 0 Å². The Balaban J connectivity index is 3.04. The second-order valence-electron chi connectivity index (χ2n) is 3.42. The van der Waals surface area contributed by atoms with E-state index in [1.165, 1.54) is 19.2 Å². The molecule has 0 fully saturated rings. The van der Waals surface area contributed by atoms with Crippen LogP contribution in [-0.2, 0) is 5.92 Å². The van der Waals surface area contributed by atoms with E-state index < -0.39 is 5.92 Å². The summed E-state index contributed by atoms with van der Waals surface area (Å²) in [6.07, 6.45) is -0.333. The van der Waals surface area contributed by atoms with Crippen LogP contribution in [0.5, 0.6) is 5.75 Å². The molecule has 15 heavy (non-hydrogen) atoms. The highest BCUT2D eigenvalue weighted by atomic mass is 19.3. The largest absolute Gasteiger partial charge is 0.497 e. The number of hydrogen-bond donors (Lipinski definition) is 1. The fourth-order valence-corrected chi connectivity index (χ4v) is 1.49. The lowest BCUT2D eigenvalue weighted by atomic mass is 10.00. The number of benzene rings is 1. The summed E-state index contributed by atoms with van der Waals surface area (Å²) in [5.74, 6) is -2.27. The molecule has 0 aliphatic rings. The molecule has 0 aromatic heterocycles. The van der Waals surface area contributed by atoms with Crippen LogP contribution >= 0.6 is 0 Å². The molecule has 0 unspecified atom stereocenters. The van der Waals surface area contributed by atoms with Gasteiger partial charge in [0.15, 0.2) is 0 Å². The second kappa shape index (κ2) is 4.57. The predicted molar refractivity (Wildman–Crippen MR) is 55.3 cm³/mol. The first-order chi connectivity index (χ1) is 7.01. The first kappa shape index (κ1) is 11.9. The van der Waals surface area contributed by atoms with E-state index in [2.05, 4.69) is 0 Å². The molecule has 0 aliphatic heterocycles. The Kier molecular flexibility index (Phi) is 3.63. The van der Waals surface area contributed by atoms with Crippen LogP contribution in [0.15, 0.2) is 18.2 Å². The third-order valence-electron chi connectivity index (χ3n) is 2.29. The molecule has 0 saturated heterocycles. The van der Waals surface area contributed by atoms with Gasteiger partial charge in [0.1, 0.15) is 5.75 Å². The number of hydrogen-bond acceptors (Lipinski definition) is 2. The van der Waals surface area contributed by atoms with Gasteiger partial charge in [-0.25, -0.2) is 8.78 Å². The van der Waals surface area contributed by atoms with Gasteiger partial charge in [0.2, 0.25) is 0 Å². The number of nitrogens with two attached hydrogens (primary N) is 1. The Hall–Kier alpha value is -1.16. The van der Waals surface area contributed by atoms with Gasteiger partial charge < -0.3 is 10.5 Å². The van der Waals surface area contributed by atoms with E-state index >= 15 is 0 Å². The highest BCUT2D eigenvalue weighted by Gasteiger charge is 2.31. The van der Waals surface area contributed by atoms with Crippen LogP contribution in [0, 0.1) is 6.92 Å². The van der Waals surface area contributed by atoms with Gasteiger partial charge >= 0.3 is 0 Å². The van der Waals surface area contributed by atoms with Gasteiger partial charge in [-0.05, 0) is 37.2 Å². The number of aryl methyl sites for hydroxylation is 1. The van der Waals surface area contributed by atoms with Crippen LogP contribution in [-0.4, -0.2) is 13.7 Å². The maximum absolute atomic E-state index is 13.5. The SMILES string of the molecule is COc1ccc(C(F)(F)CCN)c(C)c1. The van der Waals surface area contributed by atoms with E-state index in [4.69, 9.17) is 10.5 Å². The van der Waals surface area contributed by atoms with E-state index in [0.29, 0.717) is 11.3 Å². The van der Waals surface area contributed by atoms with Crippen molar-refractivity contribution in [2.75, 3.05) is 13.7 Å². The Morgan fingerprint density at radius 3 is 2.53 bits per heavy atom. The molecule has 1 aromatic carbocycles. The van der Waals surface area contributed by atoms with Crippen molar-refractivity contribution in [3.05, 3.63) is 29.3 Å². The molecule has 2 N–H and O–H groups in total. The van der Waals surface area contributed by atoms with Crippen molar-refractivity contribution in [2.24, 2.45) is 5.73 Å². The highest BCUT2D eigenvalue weighted by molar-refractivity contribution is 5.37. The first-order valence-electron chi connectivity index (χ1n) is 4.74. The third-order valence-corrected chi connectivity index (χ3v) is 2.29. The van der Waals surface area contributed by atoms with Crippen LogP contribution in [0.25, 0.3) is 0 Å². The average molecular weight is 215 g/mol. The van der Waals surface area contributed by atoms with Gasteiger partial charge in [-0.15, -0.1) is 0 Å². The van der Waals surface area contributed by atoms with Crippen LogP contribution in [0.3, 0.4) is 0 Å². The molecule has 0 amide bonds. The zero-order valence-electron chi connectivity index (χ0n) is 8.89. The Morgan fingerprint density at radius 2 is 2.07 bits per heavy atom. The van der Waals surface area contributed by atoms with Gasteiger partial charge in [0.25, 0.3) is 5.92 Å². The quantitative estimate of drug-likeness (QED) is 0.837. The fourth-order valence-electron chi connectivity index (χ4n) is 1.49. The molecule has 1 rings (SSSR count). The molecular formula is C11H15F2NO. The van der Waals surface area contributed by atoms with Crippen LogP contribution < -0.4 is 10.5 Å². The summed E-state index contributed by atoms with van der Waals surface area (Å²) in [4.78, 5) is 0. The minimum Gasteiger partial charge on any atom is -0.497 e. The molecule has 0 bridgehead atoms. The number of halogens is 2. The number of ether oxygens (including phenoxy) is 1. The van der Waals surface area contributed by atoms with Gasteiger partial charge in [-0.1, -0.05) is 0 Å². The van der Waals surface area contributed by atoms with E-state index in [1.807, 2.05) is 0 Å². The molecule has 0 aliphatic carbocycles. The van der Waals surface area contributed by atoms with E-state index in [1.54, 1.807) is 13.0 Å². The zero-order chi connectivity index (χ0) is 11.5. The van der Waals surface area contributed by atoms with Gasteiger partial charge in [-0.3, -0.25) is 0 Å². The van der Waals surface area contributed by atoms with E-state index in [0.717, 1.165) is 0 Å². The predicted octanol–water partition coefficient (Wildman–Crippen LogP) is 2.44. The molecule has 0 heterocycles. The van der Waals surface area contributed by atoms with E-state index in [9.17, 15) is 8.78 Å². The van der Waals surface area contributed by atoms with Gasteiger partial charge in [0, 0.05) is 12.0 Å². The maximum Gasteiger partial charge on any atom is 0.274 e. The minimum atomic E-state index is -2.86. The lowest BCUT2D eigenvalue weighted by molar-refractivity contribution is -0.0113. The third kappa shape index (κ3) is 2.65. The summed E-state index contributed by atoms with van der Waals surface area (Å²) in [5.41, 5.74) is 5.70. The summed E-state index contributed by atoms with van der Waals surface area (Å²) >= 11 is 0. The second-order valence-corrected chi connectivity index (χ2v) is 3.42. The number of alkyl halides is 2. The zero-order valence-corrected chi connectivity index (χ0v) is 8.89. The lowest BCUT2D eigenvalue weighted by Gasteiger charge is -2.18. The smallest absolute Gasteiger partial charge is 0.274 e.